The zero-order valence-corrected chi connectivity index (χ0v) is 12.6. The molecule has 112 valence electrons. The van der Waals surface area contributed by atoms with Crippen molar-refractivity contribution >= 4 is 11.6 Å². The number of carbonyl (C=O) groups excluding carboxylic acids is 1. The SMILES string of the molecule is CCOc1ccc(C(=O)Nc2c(C)n[nH]c2C)cc1OC. The third kappa shape index (κ3) is 3.16. The number of nitrogens with one attached hydrogen (secondary N) is 2. The summed E-state index contributed by atoms with van der Waals surface area (Å²) in [5.41, 5.74) is 2.76. The Balaban J connectivity index is 2.23. The molecule has 2 rings (SSSR count). The van der Waals surface area contributed by atoms with Crippen molar-refractivity contribution in [2.75, 3.05) is 19.0 Å². The van der Waals surface area contributed by atoms with Gasteiger partial charge in [0.15, 0.2) is 11.5 Å². The lowest BCUT2D eigenvalue weighted by Crippen LogP contribution is -2.13. The number of hydrogen-bond acceptors (Lipinski definition) is 4. The number of carbonyl (C=O) groups is 1. The summed E-state index contributed by atoms with van der Waals surface area (Å²) in [6.45, 7) is 6.12. The Bertz CT molecular complexity index is 630. The molecule has 0 saturated carbocycles. The van der Waals surface area contributed by atoms with E-state index >= 15 is 0 Å². The van der Waals surface area contributed by atoms with Crippen molar-refractivity contribution in [1.29, 1.82) is 0 Å². The molecular formula is C15H19N3O3. The van der Waals surface area contributed by atoms with Crippen LogP contribution in [0.15, 0.2) is 18.2 Å². The summed E-state index contributed by atoms with van der Waals surface area (Å²) in [5.74, 6) is 0.932. The molecule has 0 radical (unpaired) electrons. The molecule has 0 spiro atoms. The Hall–Kier alpha value is -2.50. The van der Waals surface area contributed by atoms with Gasteiger partial charge in [0.1, 0.15) is 0 Å². The van der Waals surface area contributed by atoms with Gasteiger partial charge in [0, 0.05) is 5.56 Å². The second-order valence-electron chi connectivity index (χ2n) is 4.56. The van der Waals surface area contributed by atoms with E-state index in [0.717, 1.165) is 11.4 Å². The van der Waals surface area contributed by atoms with E-state index in [2.05, 4.69) is 15.5 Å². The van der Waals surface area contributed by atoms with Gasteiger partial charge >= 0.3 is 0 Å². The minimum absolute atomic E-state index is 0.219. The van der Waals surface area contributed by atoms with Crippen LogP contribution in [0, 0.1) is 13.8 Å². The van der Waals surface area contributed by atoms with Crippen molar-refractivity contribution in [2.24, 2.45) is 0 Å². The lowest BCUT2D eigenvalue weighted by Gasteiger charge is -2.11. The van der Waals surface area contributed by atoms with Gasteiger partial charge in [-0.05, 0) is 39.0 Å². The minimum Gasteiger partial charge on any atom is -0.493 e. The van der Waals surface area contributed by atoms with Crippen molar-refractivity contribution in [3.05, 3.63) is 35.2 Å². The number of rotatable bonds is 5. The molecule has 0 fully saturated rings. The standard InChI is InChI=1S/C15H19N3O3/c1-5-21-12-7-6-11(8-13(12)20-4)15(19)16-14-9(2)17-18-10(14)3/h6-8H,5H2,1-4H3,(H,16,19)(H,17,18). The molecular weight excluding hydrogens is 270 g/mol. The second-order valence-corrected chi connectivity index (χ2v) is 4.56. The van der Waals surface area contributed by atoms with E-state index in [1.165, 1.54) is 0 Å². The molecule has 0 saturated heterocycles. The van der Waals surface area contributed by atoms with Crippen molar-refractivity contribution in [2.45, 2.75) is 20.8 Å². The lowest BCUT2D eigenvalue weighted by atomic mass is 10.1. The zero-order chi connectivity index (χ0) is 15.4. The van der Waals surface area contributed by atoms with Crippen LogP contribution >= 0.6 is 0 Å². The molecule has 0 aliphatic carbocycles. The summed E-state index contributed by atoms with van der Waals surface area (Å²) < 4.78 is 10.7. The monoisotopic (exact) mass is 289 g/mol. The molecule has 1 aromatic carbocycles. The molecule has 6 heteroatoms. The molecule has 2 N–H and O–H groups in total. The van der Waals surface area contributed by atoms with Crippen LogP contribution in [-0.4, -0.2) is 29.8 Å². The molecule has 1 aromatic heterocycles. The summed E-state index contributed by atoms with van der Waals surface area (Å²) in [7, 11) is 1.55. The highest BCUT2D eigenvalue weighted by atomic mass is 16.5. The lowest BCUT2D eigenvalue weighted by molar-refractivity contribution is 0.102. The van der Waals surface area contributed by atoms with Crippen LogP contribution in [0.3, 0.4) is 0 Å². The van der Waals surface area contributed by atoms with Crippen molar-refractivity contribution in [3.63, 3.8) is 0 Å². The average Bonchev–Trinajstić information content (AvgIpc) is 2.79. The third-order valence-corrected chi connectivity index (χ3v) is 3.09. The van der Waals surface area contributed by atoms with E-state index < -0.39 is 0 Å². The predicted octanol–water partition coefficient (Wildman–Crippen LogP) is 2.69. The first-order valence-electron chi connectivity index (χ1n) is 6.70. The normalized spacial score (nSPS) is 10.3. The highest BCUT2D eigenvalue weighted by molar-refractivity contribution is 6.05. The molecule has 1 amide bonds. The van der Waals surface area contributed by atoms with Gasteiger partial charge in [-0.3, -0.25) is 9.89 Å². The van der Waals surface area contributed by atoms with Gasteiger partial charge in [-0.1, -0.05) is 0 Å². The van der Waals surface area contributed by atoms with Gasteiger partial charge in [-0.2, -0.15) is 5.10 Å². The Labute approximate surface area is 123 Å². The molecule has 2 aromatic rings. The molecule has 1 heterocycles. The summed E-state index contributed by atoms with van der Waals surface area (Å²) in [6, 6.07) is 5.09. The van der Waals surface area contributed by atoms with Crippen LogP contribution in [-0.2, 0) is 0 Å². The second kappa shape index (κ2) is 6.30. The Kier molecular flexibility index (Phi) is 4.47. The number of aryl methyl sites for hydroxylation is 2. The number of benzene rings is 1. The maximum atomic E-state index is 12.3. The molecule has 0 aliphatic heterocycles. The molecule has 0 bridgehead atoms. The van der Waals surface area contributed by atoms with Gasteiger partial charge in [0.2, 0.25) is 0 Å². The summed E-state index contributed by atoms with van der Waals surface area (Å²) in [5, 5.41) is 9.73. The van der Waals surface area contributed by atoms with Gasteiger partial charge in [0.25, 0.3) is 5.91 Å². The Morgan fingerprint density at radius 1 is 1.33 bits per heavy atom. The van der Waals surface area contributed by atoms with Gasteiger partial charge in [-0.25, -0.2) is 0 Å². The first-order valence-corrected chi connectivity index (χ1v) is 6.70. The number of ether oxygens (including phenoxy) is 2. The van der Waals surface area contributed by atoms with Crippen LogP contribution in [0.1, 0.15) is 28.7 Å². The number of anilines is 1. The van der Waals surface area contributed by atoms with E-state index in [0.29, 0.717) is 29.4 Å². The predicted molar refractivity (Wildman–Crippen MR) is 80.2 cm³/mol. The van der Waals surface area contributed by atoms with Crippen LogP contribution in [0.4, 0.5) is 5.69 Å². The molecule has 0 aliphatic rings. The average molecular weight is 289 g/mol. The van der Waals surface area contributed by atoms with Crippen LogP contribution in [0.2, 0.25) is 0 Å². The van der Waals surface area contributed by atoms with Crippen molar-refractivity contribution < 1.29 is 14.3 Å². The van der Waals surface area contributed by atoms with Crippen LogP contribution in [0.25, 0.3) is 0 Å². The van der Waals surface area contributed by atoms with E-state index in [-0.39, 0.29) is 5.91 Å². The van der Waals surface area contributed by atoms with Gasteiger partial charge < -0.3 is 14.8 Å². The zero-order valence-electron chi connectivity index (χ0n) is 12.6. The number of aromatic nitrogens is 2. The van der Waals surface area contributed by atoms with Gasteiger partial charge in [0.05, 0.1) is 30.8 Å². The highest BCUT2D eigenvalue weighted by Crippen LogP contribution is 2.28. The number of hydrogen-bond donors (Lipinski definition) is 2. The van der Waals surface area contributed by atoms with Crippen molar-refractivity contribution in [1.82, 2.24) is 10.2 Å². The number of methoxy groups -OCH3 is 1. The van der Waals surface area contributed by atoms with Gasteiger partial charge in [-0.15, -0.1) is 0 Å². The largest absolute Gasteiger partial charge is 0.493 e. The van der Waals surface area contributed by atoms with Crippen molar-refractivity contribution in [3.8, 4) is 11.5 Å². The minimum atomic E-state index is -0.219. The summed E-state index contributed by atoms with van der Waals surface area (Å²) >= 11 is 0. The van der Waals surface area contributed by atoms with Crippen LogP contribution < -0.4 is 14.8 Å². The first-order chi connectivity index (χ1) is 10.1. The first kappa shape index (κ1) is 14.9. The number of aromatic amines is 1. The molecule has 6 nitrogen and oxygen atoms in total. The quantitative estimate of drug-likeness (QED) is 0.887. The molecule has 0 unspecified atom stereocenters. The Morgan fingerprint density at radius 3 is 2.67 bits per heavy atom. The molecule has 0 atom stereocenters. The highest BCUT2D eigenvalue weighted by Gasteiger charge is 2.14. The smallest absolute Gasteiger partial charge is 0.255 e. The van der Waals surface area contributed by atoms with E-state index in [4.69, 9.17) is 9.47 Å². The fraction of sp³-hybridized carbons (Fsp3) is 0.333. The number of amides is 1. The van der Waals surface area contributed by atoms with Crippen LogP contribution in [0.5, 0.6) is 11.5 Å². The third-order valence-electron chi connectivity index (χ3n) is 3.09. The topological polar surface area (TPSA) is 76.2 Å². The van der Waals surface area contributed by atoms with E-state index in [9.17, 15) is 4.79 Å². The summed E-state index contributed by atoms with van der Waals surface area (Å²) in [4.78, 5) is 12.3. The maximum absolute atomic E-state index is 12.3. The maximum Gasteiger partial charge on any atom is 0.255 e. The van der Waals surface area contributed by atoms with E-state index in [1.54, 1.807) is 25.3 Å². The number of nitrogens with zero attached hydrogens (tertiary/aromatic N) is 1. The Morgan fingerprint density at radius 2 is 2.10 bits per heavy atom. The fourth-order valence-electron chi connectivity index (χ4n) is 2.00. The number of H-pyrrole nitrogens is 1. The molecule has 21 heavy (non-hydrogen) atoms. The summed E-state index contributed by atoms with van der Waals surface area (Å²) in [6.07, 6.45) is 0. The van der Waals surface area contributed by atoms with E-state index in [1.807, 2.05) is 20.8 Å². The fourth-order valence-corrected chi connectivity index (χ4v) is 2.00.